The SMILES string of the molecule is CC(C[NH])C[NH]. The molecule has 0 unspecified atom stereocenters. The first-order valence-electron chi connectivity index (χ1n) is 2.10. The first-order valence-corrected chi connectivity index (χ1v) is 2.10. The lowest BCUT2D eigenvalue weighted by molar-refractivity contribution is 0.591. The summed E-state index contributed by atoms with van der Waals surface area (Å²) in [7, 11) is 0. The molecule has 0 fully saturated rings. The van der Waals surface area contributed by atoms with Gasteiger partial charge in [0.2, 0.25) is 0 Å². The number of hydrogen-bond donors (Lipinski definition) is 0. The maximum Gasteiger partial charge on any atom is 0.0138 e. The van der Waals surface area contributed by atoms with Crippen LogP contribution in [0.5, 0.6) is 0 Å². The van der Waals surface area contributed by atoms with Crippen LogP contribution < -0.4 is 11.5 Å². The van der Waals surface area contributed by atoms with Crippen molar-refractivity contribution in [3.63, 3.8) is 0 Å². The van der Waals surface area contributed by atoms with E-state index < -0.39 is 0 Å². The van der Waals surface area contributed by atoms with Crippen LogP contribution in [-0.4, -0.2) is 13.1 Å². The lowest BCUT2D eigenvalue weighted by Crippen LogP contribution is -2.07. The fourth-order valence-electron chi connectivity index (χ4n) is 0.0722. The van der Waals surface area contributed by atoms with Crippen molar-refractivity contribution in [1.82, 2.24) is 11.5 Å². The molecule has 0 rings (SSSR count). The third-order valence-electron chi connectivity index (χ3n) is 0.697. The van der Waals surface area contributed by atoms with Crippen molar-refractivity contribution < 1.29 is 0 Å². The van der Waals surface area contributed by atoms with Gasteiger partial charge >= 0.3 is 0 Å². The summed E-state index contributed by atoms with van der Waals surface area (Å²) in [6, 6.07) is 0. The average Bonchev–Trinajstić information content (AvgIpc) is 1.65. The quantitative estimate of drug-likeness (QED) is 0.460. The third kappa shape index (κ3) is 2.18. The normalized spacial score (nSPS) is 10.0. The fraction of sp³-hybridized carbons (Fsp3) is 1.00. The molecule has 0 aliphatic rings. The van der Waals surface area contributed by atoms with Crippen LogP contribution in [0.4, 0.5) is 0 Å². The van der Waals surface area contributed by atoms with E-state index in [1.165, 1.54) is 0 Å². The van der Waals surface area contributed by atoms with Crippen LogP contribution in [-0.2, 0) is 0 Å². The van der Waals surface area contributed by atoms with Crippen LogP contribution >= 0.6 is 0 Å². The highest BCUT2D eigenvalue weighted by Gasteiger charge is 1.90. The Labute approximate surface area is 38.5 Å². The first-order chi connectivity index (χ1) is 2.81. The largest absolute Gasteiger partial charge is 0.258 e. The van der Waals surface area contributed by atoms with Crippen LogP contribution in [0.25, 0.3) is 0 Å². The summed E-state index contributed by atoms with van der Waals surface area (Å²) in [6.45, 7) is 2.69. The first kappa shape index (κ1) is 5.92. The van der Waals surface area contributed by atoms with Gasteiger partial charge in [0.25, 0.3) is 0 Å². The monoisotopic (exact) mass is 86.1 g/mol. The molecule has 36 valence electrons. The molecule has 0 bridgehead atoms. The highest BCUT2D eigenvalue weighted by molar-refractivity contribution is 4.48. The van der Waals surface area contributed by atoms with Gasteiger partial charge in [-0.15, -0.1) is 0 Å². The minimum Gasteiger partial charge on any atom is -0.258 e. The molecule has 2 N–H and O–H groups in total. The molecular formula is C4H10N2. The Morgan fingerprint density at radius 3 is 1.67 bits per heavy atom. The van der Waals surface area contributed by atoms with Gasteiger partial charge in [-0.3, -0.25) is 11.5 Å². The summed E-state index contributed by atoms with van der Waals surface area (Å²) in [5.41, 5.74) is 13.4. The van der Waals surface area contributed by atoms with Gasteiger partial charge in [0.05, 0.1) is 0 Å². The Kier molecular flexibility index (Phi) is 3.08. The molecule has 0 spiro atoms. The Hall–Kier alpha value is -0.0800. The van der Waals surface area contributed by atoms with Gasteiger partial charge in [-0.05, 0) is 5.92 Å². The van der Waals surface area contributed by atoms with Crippen molar-refractivity contribution in [3.05, 3.63) is 0 Å². The van der Waals surface area contributed by atoms with Gasteiger partial charge in [0.1, 0.15) is 0 Å². The smallest absolute Gasteiger partial charge is 0.0138 e. The molecular weight excluding hydrogens is 76.1 g/mol. The van der Waals surface area contributed by atoms with Crippen LogP contribution in [0.3, 0.4) is 0 Å². The molecule has 0 amide bonds. The van der Waals surface area contributed by atoms with E-state index in [4.69, 9.17) is 11.5 Å². The number of hydrogen-bond acceptors (Lipinski definition) is 0. The van der Waals surface area contributed by atoms with Crippen molar-refractivity contribution in [1.29, 1.82) is 0 Å². The van der Waals surface area contributed by atoms with E-state index in [0.29, 0.717) is 13.1 Å². The summed E-state index contributed by atoms with van der Waals surface area (Å²) in [6.07, 6.45) is 0. The average molecular weight is 86.1 g/mol. The molecule has 0 aliphatic carbocycles. The zero-order valence-electron chi connectivity index (χ0n) is 3.99. The predicted octanol–water partition coefficient (Wildman–Crippen LogP) is 0.188. The van der Waals surface area contributed by atoms with Crippen molar-refractivity contribution in [2.75, 3.05) is 13.1 Å². The standard InChI is InChI=1S/C4H10N2/c1-4(2-5)3-6/h4-6H,2-3H2,1H3. The lowest BCUT2D eigenvalue weighted by atomic mass is 10.2. The zero-order chi connectivity index (χ0) is 4.99. The molecule has 2 radical (unpaired) electrons. The molecule has 0 heterocycles. The predicted molar refractivity (Wildman–Crippen MR) is 25.1 cm³/mol. The van der Waals surface area contributed by atoms with Gasteiger partial charge in [0, 0.05) is 13.1 Å². The molecule has 0 saturated heterocycles. The topological polar surface area (TPSA) is 47.6 Å². The van der Waals surface area contributed by atoms with Gasteiger partial charge < -0.3 is 0 Å². The van der Waals surface area contributed by atoms with E-state index in [9.17, 15) is 0 Å². The minimum absolute atomic E-state index is 0.269. The lowest BCUT2D eigenvalue weighted by Gasteiger charge is -1.97. The van der Waals surface area contributed by atoms with Crippen molar-refractivity contribution in [2.45, 2.75) is 6.92 Å². The number of rotatable bonds is 2. The highest BCUT2D eigenvalue weighted by Crippen LogP contribution is 1.84. The van der Waals surface area contributed by atoms with E-state index in [0.717, 1.165) is 0 Å². The Morgan fingerprint density at radius 2 is 1.67 bits per heavy atom. The van der Waals surface area contributed by atoms with Crippen molar-refractivity contribution in [3.8, 4) is 0 Å². The molecule has 0 atom stereocenters. The van der Waals surface area contributed by atoms with Crippen LogP contribution in [0, 0.1) is 5.92 Å². The van der Waals surface area contributed by atoms with Crippen LogP contribution in [0.15, 0.2) is 0 Å². The van der Waals surface area contributed by atoms with E-state index in [1.54, 1.807) is 0 Å². The molecule has 2 nitrogen and oxygen atoms in total. The molecule has 0 aromatic heterocycles. The molecule has 6 heavy (non-hydrogen) atoms. The second-order valence-corrected chi connectivity index (χ2v) is 1.51. The van der Waals surface area contributed by atoms with Gasteiger partial charge in [-0.25, -0.2) is 0 Å². The van der Waals surface area contributed by atoms with Crippen LogP contribution in [0.2, 0.25) is 0 Å². The van der Waals surface area contributed by atoms with Gasteiger partial charge in [0.15, 0.2) is 0 Å². The summed E-state index contributed by atoms with van der Waals surface area (Å²) in [5.74, 6) is 0.269. The Balaban J connectivity index is 2.75. The summed E-state index contributed by atoms with van der Waals surface area (Å²) in [4.78, 5) is 0. The zero-order valence-corrected chi connectivity index (χ0v) is 3.99. The second-order valence-electron chi connectivity index (χ2n) is 1.51. The highest BCUT2D eigenvalue weighted by atomic mass is 14.6. The van der Waals surface area contributed by atoms with E-state index in [2.05, 4.69) is 0 Å². The molecule has 0 saturated carbocycles. The third-order valence-corrected chi connectivity index (χ3v) is 0.697. The van der Waals surface area contributed by atoms with E-state index >= 15 is 0 Å². The minimum atomic E-state index is 0.269. The second kappa shape index (κ2) is 3.12. The van der Waals surface area contributed by atoms with Gasteiger partial charge in [-0.2, -0.15) is 0 Å². The summed E-state index contributed by atoms with van der Waals surface area (Å²) < 4.78 is 0. The van der Waals surface area contributed by atoms with E-state index in [1.807, 2.05) is 6.92 Å². The summed E-state index contributed by atoms with van der Waals surface area (Å²) in [5, 5.41) is 0. The van der Waals surface area contributed by atoms with Crippen molar-refractivity contribution in [2.24, 2.45) is 5.92 Å². The molecule has 0 aromatic rings. The Bertz CT molecular complexity index is 24.7. The number of nitrogens with one attached hydrogen (secondary N) is 2. The molecule has 0 aliphatic heterocycles. The maximum atomic E-state index is 6.69. The van der Waals surface area contributed by atoms with Gasteiger partial charge in [-0.1, -0.05) is 6.92 Å². The fourth-order valence-corrected chi connectivity index (χ4v) is 0.0722. The summed E-state index contributed by atoms with van der Waals surface area (Å²) >= 11 is 0. The maximum absolute atomic E-state index is 6.69. The molecule has 2 heteroatoms. The molecule has 0 aromatic carbocycles. The van der Waals surface area contributed by atoms with Crippen LogP contribution in [0.1, 0.15) is 6.92 Å². The van der Waals surface area contributed by atoms with E-state index in [-0.39, 0.29) is 5.92 Å². The van der Waals surface area contributed by atoms with Crippen molar-refractivity contribution >= 4 is 0 Å². The Morgan fingerprint density at radius 1 is 1.33 bits per heavy atom.